The van der Waals surface area contributed by atoms with Crippen LogP contribution < -0.4 is 10.3 Å². The van der Waals surface area contributed by atoms with Crippen molar-refractivity contribution >= 4 is 5.65 Å². The third-order valence-electron chi connectivity index (χ3n) is 6.63. The van der Waals surface area contributed by atoms with E-state index < -0.39 is 0 Å². The van der Waals surface area contributed by atoms with Crippen LogP contribution >= 0.6 is 0 Å². The van der Waals surface area contributed by atoms with Gasteiger partial charge in [0.2, 0.25) is 5.82 Å². The Morgan fingerprint density at radius 1 is 1.00 bits per heavy atom. The number of aromatic amines is 2. The largest absolute Gasteiger partial charge is 0.489 e. The lowest BCUT2D eigenvalue weighted by molar-refractivity contribution is 0.306. The molecule has 1 saturated carbocycles. The molecule has 3 aromatic heterocycles. The second-order valence-corrected chi connectivity index (χ2v) is 8.91. The van der Waals surface area contributed by atoms with E-state index in [2.05, 4.69) is 25.7 Å². The van der Waals surface area contributed by atoms with Crippen molar-refractivity contribution in [2.24, 2.45) is 0 Å². The number of nitrogens with zero attached hydrogens (tertiary/aromatic N) is 5. The number of fused-ring (bicyclic) bond motifs is 1. The van der Waals surface area contributed by atoms with Crippen molar-refractivity contribution in [3.8, 4) is 28.5 Å². The number of hydrogen-bond donors (Lipinski definition) is 2. The van der Waals surface area contributed by atoms with Crippen molar-refractivity contribution in [2.45, 2.75) is 44.6 Å². The summed E-state index contributed by atoms with van der Waals surface area (Å²) in [6.07, 6.45) is 5.44. The summed E-state index contributed by atoms with van der Waals surface area (Å²) in [5.41, 5.74) is 4.54. The zero-order valence-corrected chi connectivity index (χ0v) is 19.1. The number of ether oxygens (including phenoxy) is 1. The molecule has 2 N–H and O–H groups in total. The lowest BCUT2D eigenvalue weighted by atomic mass is 9.83. The van der Waals surface area contributed by atoms with Gasteiger partial charge >= 0.3 is 0 Å². The second kappa shape index (κ2) is 9.17. The first kappa shape index (κ1) is 21.3. The first-order chi connectivity index (χ1) is 17.3. The SMILES string of the molecule is O=c1c(C2CCCCC2)c(-c2ccc(OCc3ccccc3)cc2)nc2cc(-c3nn[nH]n3)[nH]n12. The molecule has 0 aliphatic heterocycles. The minimum absolute atomic E-state index is 0.0731. The zero-order chi connectivity index (χ0) is 23.6. The summed E-state index contributed by atoms with van der Waals surface area (Å²) in [6, 6.07) is 19.7. The highest BCUT2D eigenvalue weighted by molar-refractivity contribution is 5.68. The van der Waals surface area contributed by atoms with Gasteiger partial charge in [-0.1, -0.05) is 49.6 Å². The lowest BCUT2D eigenvalue weighted by Crippen LogP contribution is -2.25. The summed E-state index contributed by atoms with van der Waals surface area (Å²) < 4.78 is 7.45. The Morgan fingerprint density at radius 2 is 1.80 bits per heavy atom. The molecule has 0 atom stereocenters. The van der Waals surface area contributed by atoms with Crippen LogP contribution in [0.5, 0.6) is 5.75 Å². The van der Waals surface area contributed by atoms with Crippen LogP contribution in [0.3, 0.4) is 0 Å². The Hall–Kier alpha value is -4.27. The molecular formula is C26H25N7O2. The molecule has 176 valence electrons. The Bertz CT molecular complexity index is 1480. The zero-order valence-electron chi connectivity index (χ0n) is 19.1. The highest BCUT2D eigenvalue weighted by atomic mass is 16.5. The Labute approximate surface area is 201 Å². The van der Waals surface area contributed by atoms with Gasteiger partial charge in [-0.3, -0.25) is 9.89 Å². The summed E-state index contributed by atoms with van der Waals surface area (Å²) in [7, 11) is 0. The standard InChI is InChI=1S/C26H25N7O2/c34-26-23(18-9-5-2-6-10-18)24(27-22-15-21(30-33(22)26)25-28-31-32-29-25)19-11-13-20(14-12-19)35-16-17-7-3-1-4-8-17/h1,3-4,7-8,11-15,18,30H,2,5-6,9-10,16H2,(H,28,29,31,32). The van der Waals surface area contributed by atoms with Crippen molar-refractivity contribution in [1.82, 2.24) is 35.2 Å². The molecule has 3 heterocycles. The van der Waals surface area contributed by atoms with E-state index in [1.807, 2.05) is 54.6 Å². The van der Waals surface area contributed by atoms with Crippen LogP contribution in [0, 0.1) is 0 Å². The molecule has 0 unspecified atom stereocenters. The van der Waals surface area contributed by atoms with Crippen LogP contribution in [-0.4, -0.2) is 35.2 Å². The van der Waals surface area contributed by atoms with Gasteiger partial charge in [0.05, 0.1) is 5.69 Å². The molecule has 1 aliphatic carbocycles. The van der Waals surface area contributed by atoms with Gasteiger partial charge in [0.15, 0.2) is 5.65 Å². The minimum Gasteiger partial charge on any atom is -0.489 e. The van der Waals surface area contributed by atoms with E-state index in [9.17, 15) is 4.79 Å². The number of H-pyrrole nitrogens is 2. The summed E-state index contributed by atoms with van der Waals surface area (Å²) in [5, 5.41) is 17.2. The highest BCUT2D eigenvalue weighted by Gasteiger charge is 2.26. The highest BCUT2D eigenvalue weighted by Crippen LogP contribution is 2.36. The van der Waals surface area contributed by atoms with E-state index in [4.69, 9.17) is 9.72 Å². The summed E-state index contributed by atoms with van der Waals surface area (Å²) in [5.74, 6) is 1.34. The van der Waals surface area contributed by atoms with E-state index in [0.29, 0.717) is 23.8 Å². The fourth-order valence-electron chi connectivity index (χ4n) is 4.86. The fourth-order valence-corrected chi connectivity index (χ4v) is 4.86. The predicted octanol–water partition coefficient (Wildman–Crippen LogP) is 4.50. The molecular weight excluding hydrogens is 442 g/mol. The van der Waals surface area contributed by atoms with Crippen molar-refractivity contribution in [3.63, 3.8) is 0 Å². The van der Waals surface area contributed by atoms with Crippen molar-refractivity contribution in [3.05, 3.63) is 82.1 Å². The van der Waals surface area contributed by atoms with E-state index in [1.54, 1.807) is 6.07 Å². The molecule has 1 aliphatic rings. The molecule has 0 bridgehead atoms. The number of rotatable bonds is 6. The number of aromatic nitrogens is 7. The first-order valence-corrected chi connectivity index (χ1v) is 11.9. The second-order valence-electron chi connectivity index (χ2n) is 8.91. The van der Waals surface area contributed by atoms with Gasteiger partial charge in [0, 0.05) is 17.2 Å². The van der Waals surface area contributed by atoms with E-state index in [0.717, 1.165) is 53.8 Å². The summed E-state index contributed by atoms with van der Waals surface area (Å²) in [4.78, 5) is 18.7. The van der Waals surface area contributed by atoms with Crippen LogP contribution in [0.1, 0.15) is 49.1 Å². The first-order valence-electron chi connectivity index (χ1n) is 11.9. The van der Waals surface area contributed by atoms with Gasteiger partial charge < -0.3 is 4.74 Å². The number of hydrogen-bond acceptors (Lipinski definition) is 6. The van der Waals surface area contributed by atoms with Crippen molar-refractivity contribution in [2.75, 3.05) is 0 Å². The topological polar surface area (TPSA) is 114 Å². The average molecular weight is 468 g/mol. The van der Waals surface area contributed by atoms with Gasteiger partial charge in [0.1, 0.15) is 18.1 Å². The van der Waals surface area contributed by atoms with E-state index >= 15 is 0 Å². The molecule has 0 spiro atoms. The van der Waals surface area contributed by atoms with Crippen LogP contribution in [0.2, 0.25) is 0 Å². The molecule has 0 saturated heterocycles. The third kappa shape index (κ3) is 4.21. The number of tetrazole rings is 1. The maximum atomic E-state index is 13.7. The third-order valence-corrected chi connectivity index (χ3v) is 6.63. The summed E-state index contributed by atoms with van der Waals surface area (Å²) in [6.45, 7) is 0.501. The lowest BCUT2D eigenvalue weighted by Gasteiger charge is -2.23. The van der Waals surface area contributed by atoms with Gasteiger partial charge in [-0.05, 0) is 53.8 Å². The summed E-state index contributed by atoms with van der Waals surface area (Å²) >= 11 is 0. The van der Waals surface area contributed by atoms with Gasteiger partial charge in [0.25, 0.3) is 5.56 Å². The number of nitrogens with one attached hydrogen (secondary N) is 2. The number of benzene rings is 2. The predicted molar refractivity (Wildman–Crippen MR) is 131 cm³/mol. The van der Waals surface area contributed by atoms with Crippen molar-refractivity contribution in [1.29, 1.82) is 0 Å². The maximum Gasteiger partial charge on any atom is 0.276 e. The molecule has 6 rings (SSSR count). The normalized spacial score (nSPS) is 14.4. The maximum absolute atomic E-state index is 13.7. The van der Waals surface area contributed by atoms with Crippen LogP contribution in [0.25, 0.3) is 28.4 Å². The molecule has 35 heavy (non-hydrogen) atoms. The minimum atomic E-state index is -0.0731. The monoisotopic (exact) mass is 467 g/mol. The quantitative estimate of drug-likeness (QED) is 0.380. The average Bonchev–Trinajstić information content (AvgIpc) is 3.59. The molecule has 5 aromatic rings. The Kier molecular flexibility index (Phi) is 5.57. The van der Waals surface area contributed by atoms with Crippen LogP contribution in [0.4, 0.5) is 0 Å². The van der Waals surface area contributed by atoms with Crippen molar-refractivity contribution < 1.29 is 4.74 Å². The van der Waals surface area contributed by atoms with Gasteiger partial charge in [-0.25, -0.2) is 9.50 Å². The van der Waals surface area contributed by atoms with Crippen LogP contribution in [-0.2, 0) is 6.61 Å². The Morgan fingerprint density at radius 3 is 2.54 bits per heavy atom. The van der Waals surface area contributed by atoms with Gasteiger partial charge in [-0.15, -0.1) is 10.2 Å². The van der Waals surface area contributed by atoms with E-state index in [-0.39, 0.29) is 11.5 Å². The van der Waals surface area contributed by atoms with Crippen LogP contribution in [0.15, 0.2) is 65.5 Å². The molecule has 2 aromatic carbocycles. The molecule has 1 fully saturated rings. The Balaban J connectivity index is 1.39. The van der Waals surface area contributed by atoms with E-state index in [1.165, 1.54) is 10.9 Å². The van der Waals surface area contributed by atoms with Gasteiger partial charge in [-0.2, -0.15) is 5.21 Å². The molecule has 0 amide bonds. The fraction of sp³-hybridized carbons (Fsp3) is 0.269. The molecule has 0 radical (unpaired) electrons. The smallest absolute Gasteiger partial charge is 0.276 e. The molecule has 9 nitrogen and oxygen atoms in total. The molecule has 9 heteroatoms.